The highest BCUT2D eigenvalue weighted by atomic mass is 16.6. The first kappa shape index (κ1) is 42.1. The number of nitrogens with zero attached hydrogens (tertiary/aromatic N) is 7. The Morgan fingerprint density at radius 3 is 1.63 bits per heavy atom. The fourth-order valence-electron chi connectivity index (χ4n) is 11.2. The molecular formula is C53H50N10O4. The summed E-state index contributed by atoms with van der Waals surface area (Å²) >= 11 is 0. The van der Waals surface area contributed by atoms with Crippen LogP contribution in [0.1, 0.15) is 86.3 Å². The molecule has 8 heterocycles. The van der Waals surface area contributed by atoms with Crippen LogP contribution in [-0.2, 0) is 57.4 Å². The summed E-state index contributed by atoms with van der Waals surface area (Å²) in [6.07, 6.45) is 8.38. The van der Waals surface area contributed by atoms with Gasteiger partial charge >= 0.3 is 6.09 Å². The quantitative estimate of drug-likeness (QED) is 0.178. The lowest BCUT2D eigenvalue weighted by Gasteiger charge is -2.51. The van der Waals surface area contributed by atoms with E-state index in [-0.39, 0.29) is 23.4 Å². The summed E-state index contributed by atoms with van der Waals surface area (Å²) in [6.45, 7) is 8.07. The predicted molar refractivity (Wildman–Crippen MR) is 251 cm³/mol. The van der Waals surface area contributed by atoms with Crippen LogP contribution >= 0.6 is 0 Å². The lowest BCUT2D eigenvalue weighted by atomic mass is 9.80. The highest BCUT2D eigenvalue weighted by Gasteiger charge is 2.52. The second-order valence-corrected chi connectivity index (χ2v) is 20.0. The number of fused-ring (bicyclic) bond motifs is 10. The van der Waals surface area contributed by atoms with E-state index in [4.69, 9.17) is 4.74 Å². The molecule has 14 heteroatoms. The van der Waals surface area contributed by atoms with E-state index in [2.05, 4.69) is 66.4 Å². The van der Waals surface area contributed by atoms with Gasteiger partial charge in [-0.2, -0.15) is 10.5 Å². The zero-order valence-electron chi connectivity index (χ0n) is 38.3. The van der Waals surface area contributed by atoms with E-state index >= 15 is 0 Å². The zero-order valence-corrected chi connectivity index (χ0v) is 38.3. The number of rotatable bonds is 2. The molecule has 67 heavy (non-hydrogen) atoms. The molecule has 14 nitrogen and oxygen atoms in total. The van der Waals surface area contributed by atoms with Gasteiger partial charge in [0, 0.05) is 99.2 Å². The van der Waals surface area contributed by atoms with Gasteiger partial charge in [-0.3, -0.25) is 19.6 Å². The van der Waals surface area contributed by atoms with Crippen LogP contribution < -0.4 is 16.0 Å². The number of carbonyl (C=O) groups excluding carboxylic acids is 3. The molecule has 2 aliphatic carbocycles. The van der Waals surface area contributed by atoms with E-state index in [0.29, 0.717) is 30.6 Å². The Morgan fingerprint density at radius 1 is 0.701 bits per heavy atom. The minimum absolute atomic E-state index is 0.0639. The number of aromatic nitrogens is 4. The summed E-state index contributed by atoms with van der Waals surface area (Å²) in [4.78, 5) is 50.0. The number of benzene rings is 2. The molecule has 0 bridgehead atoms. The van der Waals surface area contributed by atoms with Gasteiger partial charge < -0.3 is 34.7 Å². The van der Waals surface area contributed by atoms with Crippen molar-refractivity contribution >= 4 is 17.9 Å². The molecule has 3 N–H and O–H groups in total. The van der Waals surface area contributed by atoms with Gasteiger partial charge in [0.2, 0.25) is 0 Å². The van der Waals surface area contributed by atoms with Gasteiger partial charge in [0.05, 0.1) is 68.2 Å². The third-order valence-corrected chi connectivity index (χ3v) is 14.4. The van der Waals surface area contributed by atoms with E-state index in [9.17, 15) is 24.9 Å². The summed E-state index contributed by atoms with van der Waals surface area (Å²) in [7, 11) is 4.11. The fraction of sp³-hybridized carbons (Fsp3) is 0.340. The molecule has 0 atom stereocenters. The molecule has 6 aliphatic rings. The van der Waals surface area contributed by atoms with Gasteiger partial charge in [0.25, 0.3) is 11.8 Å². The number of ether oxygens (including phenoxy) is 1. The molecule has 0 radical (unpaired) electrons. The van der Waals surface area contributed by atoms with E-state index < -0.39 is 11.1 Å². The Morgan fingerprint density at radius 2 is 1.18 bits per heavy atom. The Hall–Kier alpha value is -7.55. The number of nitrogens with one attached hydrogen (secondary N) is 3. The molecule has 0 unspecified atom stereocenters. The van der Waals surface area contributed by atoms with Gasteiger partial charge in [-0.25, -0.2) is 4.79 Å². The fourth-order valence-corrected chi connectivity index (χ4v) is 11.2. The average Bonchev–Trinajstić information content (AvgIpc) is 3.76. The van der Waals surface area contributed by atoms with E-state index in [1.807, 2.05) is 76.6 Å². The van der Waals surface area contributed by atoms with Gasteiger partial charge in [0.15, 0.2) is 0 Å². The number of carbonyl (C=O) groups is 3. The van der Waals surface area contributed by atoms with Crippen molar-refractivity contribution in [2.75, 3.05) is 26.2 Å². The van der Waals surface area contributed by atoms with E-state index in [0.717, 1.165) is 129 Å². The maximum atomic E-state index is 13.5. The van der Waals surface area contributed by atoms with Crippen LogP contribution in [0.2, 0.25) is 0 Å². The maximum absolute atomic E-state index is 13.5. The molecule has 6 aromatic rings. The number of nitriles is 2. The number of aryl methyl sites for hydroxylation is 2. The van der Waals surface area contributed by atoms with Crippen molar-refractivity contribution in [2.24, 2.45) is 14.1 Å². The minimum Gasteiger partial charge on any atom is -0.444 e. The maximum Gasteiger partial charge on any atom is 0.410 e. The van der Waals surface area contributed by atoms with Crippen molar-refractivity contribution in [3.63, 3.8) is 0 Å². The number of pyridine rings is 2. The van der Waals surface area contributed by atoms with Crippen LogP contribution in [0, 0.1) is 22.7 Å². The number of hydrogen-bond donors (Lipinski definition) is 3. The monoisotopic (exact) mass is 890 g/mol. The van der Waals surface area contributed by atoms with E-state index in [1.54, 1.807) is 17.0 Å². The second-order valence-electron chi connectivity index (χ2n) is 20.0. The van der Waals surface area contributed by atoms with Crippen LogP contribution in [0.5, 0.6) is 0 Å². The van der Waals surface area contributed by atoms with Gasteiger partial charge in [-0.15, -0.1) is 0 Å². The van der Waals surface area contributed by atoms with Crippen molar-refractivity contribution in [3.05, 3.63) is 129 Å². The van der Waals surface area contributed by atoms with Crippen LogP contribution in [0.4, 0.5) is 4.79 Å². The third-order valence-electron chi connectivity index (χ3n) is 14.4. The number of hydrogen-bond acceptors (Lipinski definition) is 9. The molecule has 2 fully saturated rings. The van der Waals surface area contributed by atoms with Crippen LogP contribution in [0.3, 0.4) is 0 Å². The largest absolute Gasteiger partial charge is 0.444 e. The number of amides is 3. The summed E-state index contributed by atoms with van der Waals surface area (Å²) in [5.74, 6) is -0.00422. The van der Waals surface area contributed by atoms with Crippen molar-refractivity contribution < 1.29 is 19.1 Å². The highest BCUT2D eigenvalue weighted by molar-refractivity contribution is 6.03. The lowest BCUT2D eigenvalue weighted by Crippen LogP contribution is -2.74. The van der Waals surface area contributed by atoms with Gasteiger partial charge in [0.1, 0.15) is 5.60 Å². The highest BCUT2D eigenvalue weighted by Crippen LogP contribution is 2.45. The predicted octanol–water partition coefficient (Wildman–Crippen LogP) is 6.35. The van der Waals surface area contributed by atoms with Gasteiger partial charge in [-0.05, 0) is 105 Å². The Bertz CT molecular complexity index is 3220. The second kappa shape index (κ2) is 15.3. The standard InChI is InChI=1S/C29H29N5O3.C24H21N5O/c1-28(2,3)37-27(36)34-15-29(16-34)12-23-24(26(35)32-29)20-9-8-19-14-31-22(11-21(19)25(20)33(23)4)18-7-5-6-17(10-18)13-30;1-29-20-9-24(12-26-13-24)28-23(30)21(20)17-6-5-16-11-27-19(8-18(16)22(17)29)15-4-2-3-14(7-15)10-25/h5-7,10-11,14H,8-9,12,15-16H2,1-4H3,(H,32,35);2-4,7-8,11,26H,5-6,9,12-13H2,1H3,(H,28,30). The summed E-state index contributed by atoms with van der Waals surface area (Å²) in [6, 6.07) is 23.6. The molecule has 4 aliphatic heterocycles. The SMILES string of the molecule is Cn1c2c(c3c1-c1cc(-c4cccc(C#N)c4)ncc1CC3)C(=O)NC1(C2)CN(C(=O)OC(C)(C)C)C1.Cn1c2c(c3c1-c1cc(-c4cccc(C#N)c4)ncc1CC3)C(=O)NC1(CNC1)C2. The normalized spacial score (nSPS) is 17.5. The van der Waals surface area contributed by atoms with Crippen LogP contribution in [0.25, 0.3) is 45.0 Å². The molecule has 2 aromatic carbocycles. The molecule has 4 aromatic heterocycles. The molecule has 2 spiro atoms. The van der Waals surface area contributed by atoms with E-state index in [1.165, 1.54) is 5.56 Å². The molecule has 12 rings (SSSR count). The summed E-state index contributed by atoms with van der Waals surface area (Å²) in [5, 5.41) is 28.3. The molecule has 3 amide bonds. The molecule has 336 valence electrons. The smallest absolute Gasteiger partial charge is 0.410 e. The molecular weight excluding hydrogens is 841 g/mol. The van der Waals surface area contributed by atoms with Gasteiger partial charge in [-0.1, -0.05) is 24.3 Å². The minimum atomic E-state index is -0.559. The van der Waals surface area contributed by atoms with Crippen molar-refractivity contribution in [1.29, 1.82) is 10.5 Å². The first-order chi connectivity index (χ1) is 32.2. The van der Waals surface area contributed by atoms with Crippen molar-refractivity contribution in [1.82, 2.24) is 40.0 Å². The summed E-state index contributed by atoms with van der Waals surface area (Å²) < 4.78 is 9.90. The first-order valence-electron chi connectivity index (χ1n) is 22.9. The Kier molecular flexibility index (Phi) is 9.59. The third kappa shape index (κ3) is 6.97. The van der Waals surface area contributed by atoms with Crippen molar-refractivity contribution in [3.8, 4) is 57.2 Å². The van der Waals surface area contributed by atoms with Crippen molar-refractivity contribution in [2.45, 2.75) is 76.0 Å². The molecule has 0 saturated carbocycles. The lowest BCUT2D eigenvalue weighted by molar-refractivity contribution is -0.0170. The first-order valence-corrected chi connectivity index (χ1v) is 22.9. The Labute approximate surface area is 388 Å². The Balaban J connectivity index is 0.000000151. The number of likely N-dealkylation sites (tertiary alicyclic amines) is 1. The van der Waals surface area contributed by atoms with Crippen LogP contribution in [-0.4, -0.2) is 84.8 Å². The molecule has 2 saturated heterocycles. The average molecular weight is 891 g/mol. The zero-order chi connectivity index (χ0) is 46.6. The van der Waals surface area contributed by atoms with Crippen LogP contribution in [0.15, 0.2) is 73.1 Å². The summed E-state index contributed by atoms with van der Waals surface area (Å²) in [5.41, 5.74) is 16.3. The topological polar surface area (TPSA) is 183 Å².